The summed E-state index contributed by atoms with van der Waals surface area (Å²) in [6.07, 6.45) is 4.04. The molecule has 1 heterocycles. The maximum absolute atomic E-state index is 10.3. The number of rotatable bonds is 12. The Morgan fingerprint density at radius 3 is 1.65 bits per heavy atom. The van der Waals surface area contributed by atoms with Gasteiger partial charge in [-0.05, 0) is 26.2 Å². The number of hydrogen-bond donors (Lipinski definition) is 1. The van der Waals surface area contributed by atoms with Crippen molar-refractivity contribution in [3.05, 3.63) is 0 Å². The summed E-state index contributed by atoms with van der Waals surface area (Å²) in [5.74, 6) is 0. The van der Waals surface area contributed by atoms with Gasteiger partial charge in [0.05, 0.1) is 6.10 Å². The summed E-state index contributed by atoms with van der Waals surface area (Å²) in [7, 11) is 0. The summed E-state index contributed by atoms with van der Waals surface area (Å²) in [4.78, 5) is 0. The third kappa shape index (κ3) is 7.06. The minimum atomic E-state index is -0.959. The van der Waals surface area contributed by atoms with Crippen molar-refractivity contribution in [2.75, 3.05) is 19.8 Å². The first-order valence-electron chi connectivity index (χ1n) is 9.33. The van der Waals surface area contributed by atoms with E-state index < -0.39 is 12.4 Å². The van der Waals surface area contributed by atoms with E-state index in [2.05, 4.69) is 20.8 Å². The predicted molar refractivity (Wildman–Crippen MR) is 90.5 cm³/mol. The van der Waals surface area contributed by atoms with E-state index in [9.17, 15) is 5.11 Å². The maximum atomic E-state index is 10.3. The van der Waals surface area contributed by atoms with Crippen molar-refractivity contribution in [3.8, 4) is 0 Å². The standard InChI is InChI=1S/C18H36O5/c1-5-8-11-20-15-14(4)23-18(19)17(22-13-10-7-3)16(15)21-12-9-6-2/h14-19H,5-13H2,1-4H3/t14-,15+,16+,17-,18+/m0/s1. The third-order valence-corrected chi connectivity index (χ3v) is 4.17. The van der Waals surface area contributed by atoms with Crippen molar-refractivity contribution in [2.24, 2.45) is 0 Å². The lowest BCUT2D eigenvalue weighted by Crippen LogP contribution is -2.59. The average Bonchev–Trinajstić information content (AvgIpc) is 2.53. The van der Waals surface area contributed by atoms with Crippen LogP contribution in [-0.2, 0) is 18.9 Å². The van der Waals surface area contributed by atoms with Gasteiger partial charge >= 0.3 is 0 Å². The fourth-order valence-electron chi connectivity index (χ4n) is 2.68. The molecule has 0 radical (unpaired) electrons. The zero-order valence-electron chi connectivity index (χ0n) is 15.3. The largest absolute Gasteiger partial charge is 0.373 e. The molecule has 0 aromatic heterocycles. The molecule has 5 heteroatoms. The summed E-state index contributed by atoms with van der Waals surface area (Å²) in [6.45, 7) is 10.3. The summed E-state index contributed by atoms with van der Waals surface area (Å²) in [5, 5.41) is 10.3. The first-order valence-corrected chi connectivity index (χ1v) is 9.33. The molecule has 1 rings (SSSR count). The smallest absolute Gasteiger partial charge is 0.184 e. The molecule has 0 saturated carbocycles. The van der Waals surface area contributed by atoms with Gasteiger partial charge in [-0.15, -0.1) is 0 Å². The monoisotopic (exact) mass is 332 g/mol. The molecule has 1 N–H and O–H groups in total. The van der Waals surface area contributed by atoms with Gasteiger partial charge < -0.3 is 24.1 Å². The van der Waals surface area contributed by atoms with Gasteiger partial charge in [0.2, 0.25) is 0 Å². The van der Waals surface area contributed by atoms with Crippen LogP contribution in [0.25, 0.3) is 0 Å². The molecule has 0 spiro atoms. The number of hydrogen-bond acceptors (Lipinski definition) is 5. The van der Waals surface area contributed by atoms with E-state index in [1.165, 1.54) is 0 Å². The molecule has 0 aromatic carbocycles. The molecule has 1 aliphatic heterocycles. The SMILES string of the molecule is CCCCO[C@@H]1[C@H](OCCCC)[C@H](C)O[C@@H](O)[C@H]1OCCCC. The Bertz CT molecular complexity index is 265. The van der Waals surface area contributed by atoms with E-state index in [-0.39, 0.29) is 18.3 Å². The Labute approximate surface area is 141 Å². The van der Waals surface area contributed by atoms with E-state index in [0.717, 1.165) is 38.5 Å². The molecule has 0 aliphatic carbocycles. The van der Waals surface area contributed by atoms with Gasteiger partial charge in [0, 0.05) is 19.8 Å². The van der Waals surface area contributed by atoms with E-state index in [4.69, 9.17) is 18.9 Å². The van der Waals surface area contributed by atoms with E-state index in [1.54, 1.807) is 0 Å². The van der Waals surface area contributed by atoms with E-state index >= 15 is 0 Å². The minimum absolute atomic E-state index is 0.201. The Balaban J connectivity index is 2.71. The van der Waals surface area contributed by atoms with Crippen LogP contribution in [0.5, 0.6) is 0 Å². The maximum Gasteiger partial charge on any atom is 0.184 e. The highest BCUT2D eigenvalue weighted by atomic mass is 16.7. The molecule has 0 bridgehead atoms. The van der Waals surface area contributed by atoms with Crippen LogP contribution in [-0.4, -0.2) is 55.6 Å². The number of aliphatic hydroxyl groups excluding tert-OH is 1. The zero-order valence-corrected chi connectivity index (χ0v) is 15.3. The van der Waals surface area contributed by atoms with Crippen LogP contribution in [0.2, 0.25) is 0 Å². The van der Waals surface area contributed by atoms with Gasteiger partial charge in [0.15, 0.2) is 6.29 Å². The van der Waals surface area contributed by atoms with Gasteiger partial charge in [-0.3, -0.25) is 0 Å². The van der Waals surface area contributed by atoms with Gasteiger partial charge in [0.25, 0.3) is 0 Å². The molecule has 0 amide bonds. The summed E-state index contributed by atoms with van der Waals surface area (Å²) >= 11 is 0. The van der Waals surface area contributed by atoms with Crippen LogP contribution < -0.4 is 0 Å². The molecular weight excluding hydrogens is 296 g/mol. The fourth-order valence-corrected chi connectivity index (χ4v) is 2.68. The van der Waals surface area contributed by atoms with Crippen LogP contribution in [0.4, 0.5) is 0 Å². The molecule has 5 nitrogen and oxygen atoms in total. The van der Waals surface area contributed by atoms with Gasteiger partial charge in [-0.2, -0.15) is 0 Å². The van der Waals surface area contributed by atoms with Crippen molar-refractivity contribution >= 4 is 0 Å². The highest BCUT2D eigenvalue weighted by Crippen LogP contribution is 2.27. The van der Waals surface area contributed by atoms with Crippen molar-refractivity contribution in [1.29, 1.82) is 0 Å². The van der Waals surface area contributed by atoms with Crippen molar-refractivity contribution in [2.45, 2.75) is 96.9 Å². The fraction of sp³-hybridized carbons (Fsp3) is 1.00. The topological polar surface area (TPSA) is 57.2 Å². The lowest BCUT2D eigenvalue weighted by atomic mass is 9.99. The molecule has 1 fully saturated rings. The Hall–Kier alpha value is -0.200. The van der Waals surface area contributed by atoms with Gasteiger partial charge in [0.1, 0.15) is 18.3 Å². The quantitative estimate of drug-likeness (QED) is 0.556. The summed E-state index contributed by atoms with van der Waals surface area (Å²) in [5.41, 5.74) is 0. The Morgan fingerprint density at radius 1 is 0.739 bits per heavy atom. The second kappa shape index (κ2) is 12.2. The van der Waals surface area contributed by atoms with E-state index in [1.807, 2.05) is 6.92 Å². The second-order valence-electron chi connectivity index (χ2n) is 6.30. The van der Waals surface area contributed by atoms with Crippen LogP contribution in [0.1, 0.15) is 66.2 Å². The summed E-state index contributed by atoms with van der Waals surface area (Å²) < 4.78 is 23.6. The molecule has 0 unspecified atom stereocenters. The first kappa shape index (κ1) is 20.8. The number of aliphatic hydroxyl groups is 1. The zero-order chi connectivity index (χ0) is 17.1. The molecule has 1 aliphatic rings. The molecule has 23 heavy (non-hydrogen) atoms. The predicted octanol–water partition coefficient (Wildman–Crippen LogP) is 3.28. The van der Waals surface area contributed by atoms with Crippen molar-refractivity contribution < 1.29 is 24.1 Å². The molecular formula is C18H36O5. The minimum Gasteiger partial charge on any atom is -0.373 e. The lowest BCUT2D eigenvalue weighted by Gasteiger charge is -2.43. The second-order valence-corrected chi connectivity index (χ2v) is 6.30. The molecule has 1 saturated heterocycles. The number of ether oxygens (including phenoxy) is 4. The molecule has 0 aromatic rings. The Kier molecular flexibility index (Phi) is 11.1. The van der Waals surface area contributed by atoms with Crippen LogP contribution in [0.15, 0.2) is 0 Å². The highest BCUT2D eigenvalue weighted by molar-refractivity contribution is 4.90. The van der Waals surface area contributed by atoms with Crippen molar-refractivity contribution in [3.63, 3.8) is 0 Å². The van der Waals surface area contributed by atoms with Crippen LogP contribution in [0, 0.1) is 0 Å². The summed E-state index contributed by atoms with van der Waals surface area (Å²) in [6, 6.07) is 0. The molecule has 138 valence electrons. The van der Waals surface area contributed by atoms with E-state index in [0.29, 0.717) is 19.8 Å². The van der Waals surface area contributed by atoms with Crippen LogP contribution >= 0.6 is 0 Å². The van der Waals surface area contributed by atoms with Gasteiger partial charge in [-0.1, -0.05) is 40.0 Å². The number of unbranched alkanes of at least 4 members (excludes halogenated alkanes) is 3. The van der Waals surface area contributed by atoms with Crippen molar-refractivity contribution in [1.82, 2.24) is 0 Å². The highest BCUT2D eigenvalue weighted by Gasteiger charge is 2.45. The normalized spacial score (nSPS) is 31.4. The first-order chi connectivity index (χ1) is 11.2. The lowest BCUT2D eigenvalue weighted by molar-refractivity contribution is -0.303. The Morgan fingerprint density at radius 2 is 1.17 bits per heavy atom. The third-order valence-electron chi connectivity index (χ3n) is 4.17. The van der Waals surface area contributed by atoms with Crippen LogP contribution in [0.3, 0.4) is 0 Å². The average molecular weight is 332 g/mol. The molecule has 5 atom stereocenters. The van der Waals surface area contributed by atoms with Gasteiger partial charge in [-0.25, -0.2) is 0 Å².